The van der Waals surface area contributed by atoms with Crippen molar-refractivity contribution in [2.24, 2.45) is 13.0 Å². The Bertz CT molecular complexity index is 1050. The predicted molar refractivity (Wildman–Crippen MR) is 113 cm³/mol. The fraction of sp³-hybridized carbons (Fsp3) is 0.455. The van der Waals surface area contributed by atoms with Crippen molar-refractivity contribution < 1.29 is 14.0 Å². The Labute approximate surface area is 181 Å². The van der Waals surface area contributed by atoms with Gasteiger partial charge in [-0.1, -0.05) is 13.8 Å². The number of furan rings is 1. The summed E-state index contributed by atoms with van der Waals surface area (Å²) >= 11 is 0. The van der Waals surface area contributed by atoms with Crippen LogP contribution in [0.2, 0.25) is 0 Å². The normalized spacial score (nSPS) is 14.9. The molecule has 9 nitrogen and oxygen atoms in total. The molecule has 31 heavy (non-hydrogen) atoms. The second-order valence-electron chi connectivity index (χ2n) is 8.33. The number of nitrogens with one attached hydrogen (secondary N) is 1. The molecule has 0 radical (unpaired) electrons. The Balaban J connectivity index is 1.47. The maximum atomic E-state index is 12.8. The number of carbonyl (C=O) groups excluding carboxylic acids is 2. The molecule has 164 valence electrons. The van der Waals surface area contributed by atoms with E-state index in [2.05, 4.69) is 20.1 Å². The zero-order chi connectivity index (χ0) is 22.0. The average molecular weight is 425 g/mol. The van der Waals surface area contributed by atoms with Crippen LogP contribution in [0.3, 0.4) is 0 Å². The van der Waals surface area contributed by atoms with Gasteiger partial charge in [0.2, 0.25) is 5.91 Å². The Morgan fingerprint density at radius 1 is 1.19 bits per heavy atom. The van der Waals surface area contributed by atoms with Gasteiger partial charge in [0.25, 0.3) is 5.91 Å². The fourth-order valence-electron chi connectivity index (χ4n) is 3.92. The minimum Gasteiger partial charge on any atom is -0.472 e. The van der Waals surface area contributed by atoms with Crippen molar-refractivity contribution in [3.8, 4) is 0 Å². The summed E-state index contributed by atoms with van der Waals surface area (Å²) in [6.07, 6.45) is 7.84. The van der Waals surface area contributed by atoms with Crippen LogP contribution in [-0.2, 0) is 31.2 Å². The summed E-state index contributed by atoms with van der Waals surface area (Å²) in [7, 11) is 1.95. The lowest BCUT2D eigenvalue weighted by Gasteiger charge is -2.23. The first-order chi connectivity index (χ1) is 14.9. The number of aryl methyl sites for hydroxylation is 1. The van der Waals surface area contributed by atoms with Crippen LogP contribution in [-0.4, -0.2) is 49.1 Å². The van der Waals surface area contributed by atoms with Gasteiger partial charge in [-0.15, -0.1) is 10.2 Å². The lowest BCUT2D eigenvalue weighted by atomic mass is 10.0. The van der Waals surface area contributed by atoms with E-state index in [1.807, 2.05) is 48.8 Å². The van der Waals surface area contributed by atoms with E-state index in [4.69, 9.17) is 4.42 Å². The molecule has 0 aliphatic carbocycles. The number of carbonyl (C=O) groups is 2. The lowest BCUT2D eigenvalue weighted by Crippen LogP contribution is -2.36. The van der Waals surface area contributed by atoms with Gasteiger partial charge in [0, 0.05) is 45.5 Å². The van der Waals surface area contributed by atoms with E-state index in [1.54, 1.807) is 6.07 Å². The van der Waals surface area contributed by atoms with Crippen molar-refractivity contribution in [2.75, 3.05) is 13.1 Å². The highest BCUT2D eigenvalue weighted by Gasteiger charge is 2.28. The van der Waals surface area contributed by atoms with Gasteiger partial charge >= 0.3 is 0 Å². The summed E-state index contributed by atoms with van der Waals surface area (Å²) in [5.74, 6) is 1.58. The molecule has 0 saturated carbocycles. The van der Waals surface area contributed by atoms with Crippen LogP contribution < -0.4 is 5.32 Å². The molecule has 0 bridgehead atoms. The molecule has 1 aliphatic heterocycles. The molecule has 9 heteroatoms. The molecule has 3 aromatic rings. The van der Waals surface area contributed by atoms with E-state index >= 15 is 0 Å². The number of amides is 2. The molecule has 1 atom stereocenters. The Morgan fingerprint density at radius 2 is 2.03 bits per heavy atom. The van der Waals surface area contributed by atoms with Gasteiger partial charge < -0.3 is 23.8 Å². The molecule has 0 fully saturated rings. The zero-order valence-electron chi connectivity index (χ0n) is 18.1. The monoisotopic (exact) mass is 424 g/mol. The van der Waals surface area contributed by atoms with E-state index in [1.165, 1.54) is 12.5 Å². The SMILES string of the molecule is CC(C)C(NC(=O)c1ccoc1)c1nnc2n1CCN(C(=O)Cc1ccn(C)c1)CC2. The van der Waals surface area contributed by atoms with E-state index in [0.29, 0.717) is 38.0 Å². The first kappa shape index (κ1) is 20.9. The fourth-order valence-corrected chi connectivity index (χ4v) is 3.92. The summed E-state index contributed by atoms with van der Waals surface area (Å²) in [4.78, 5) is 27.3. The minimum absolute atomic E-state index is 0.111. The second-order valence-corrected chi connectivity index (χ2v) is 8.33. The molecular formula is C22H28N6O3. The standard InChI is InChI=1S/C22H28N6O3/c1-15(2)20(23-22(30)17-6-11-31-14-17)21-25-24-18-5-8-27(9-10-28(18)21)19(29)12-16-4-7-26(3)13-16/h4,6-7,11,13-15,20H,5,8-10,12H2,1-3H3,(H,23,30). The van der Waals surface area contributed by atoms with Crippen molar-refractivity contribution in [1.82, 2.24) is 29.5 Å². The van der Waals surface area contributed by atoms with E-state index in [-0.39, 0.29) is 23.8 Å². The van der Waals surface area contributed by atoms with Crippen molar-refractivity contribution in [2.45, 2.75) is 39.3 Å². The number of hydrogen-bond acceptors (Lipinski definition) is 5. The summed E-state index contributed by atoms with van der Waals surface area (Å²) in [5.41, 5.74) is 1.48. The molecule has 1 aliphatic rings. The minimum atomic E-state index is -0.296. The molecule has 0 aromatic carbocycles. The molecule has 0 spiro atoms. The van der Waals surface area contributed by atoms with Crippen molar-refractivity contribution in [3.63, 3.8) is 0 Å². The highest BCUT2D eigenvalue weighted by molar-refractivity contribution is 5.94. The predicted octanol–water partition coefficient (Wildman–Crippen LogP) is 1.96. The quantitative estimate of drug-likeness (QED) is 0.652. The van der Waals surface area contributed by atoms with E-state index in [0.717, 1.165) is 17.2 Å². The molecule has 4 heterocycles. The largest absolute Gasteiger partial charge is 0.472 e. The summed E-state index contributed by atoms with van der Waals surface area (Å²) in [6.45, 7) is 5.87. The molecule has 2 amide bonds. The smallest absolute Gasteiger partial charge is 0.255 e. The lowest BCUT2D eigenvalue weighted by molar-refractivity contribution is -0.130. The van der Waals surface area contributed by atoms with Crippen molar-refractivity contribution >= 4 is 11.8 Å². The van der Waals surface area contributed by atoms with Gasteiger partial charge in [-0.05, 0) is 23.6 Å². The molecule has 1 unspecified atom stereocenters. The maximum Gasteiger partial charge on any atom is 0.255 e. The Morgan fingerprint density at radius 3 is 2.71 bits per heavy atom. The van der Waals surface area contributed by atoms with Gasteiger partial charge in [-0.25, -0.2) is 0 Å². The second kappa shape index (κ2) is 8.79. The van der Waals surface area contributed by atoms with Crippen LogP contribution in [0.25, 0.3) is 0 Å². The average Bonchev–Trinajstić information content (AvgIpc) is 3.46. The van der Waals surface area contributed by atoms with Gasteiger partial charge in [-0.2, -0.15) is 0 Å². The number of fused-ring (bicyclic) bond motifs is 1. The van der Waals surface area contributed by atoms with Crippen molar-refractivity contribution in [3.05, 3.63) is 59.8 Å². The third-order valence-electron chi connectivity index (χ3n) is 5.67. The van der Waals surface area contributed by atoms with Crippen LogP contribution in [0.1, 0.15) is 47.5 Å². The van der Waals surface area contributed by atoms with Gasteiger partial charge in [0.1, 0.15) is 12.1 Å². The van der Waals surface area contributed by atoms with Crippen molar-refractivity contribution in [1.29, 1.82) is 0 Å². The molecule has 1 N–H and O–H groups in total. The summed E-state index contributed by atoms with van der Waals surface area (Å²) in [6, 6.07) is 3.31. The molecule has 3 aromatic heterocycles. The summed E-state index contributed by atoms with van der Waals surface area (Å²) in [5, 5.41) is 11.8. The highest BCUT2D eigenvalue weighted by atomic mass is 16.3. The van der Waals surface area contributed by atoms with Crippen LogP contribution in [0.15, 0.2) is 41.5 Å². The molecule has 4 rings (SSSR count). The third kappa shape index (κ3) is 4.55. The Kier molecular flexibility index (Phi) is 5.92. The van der Waals surface area contributed by atoms with Gasteiger partial charge in [-0.3, -0.25) is 9.59 Å². The number of rotatable bonds is 6. The zero-order valence-corrected chi connectivity index (χ0v) is 18.1. The third-order valence-corrected chi connectivity index (χ3v) is 5.67. The highest BCUT2D eigenvalue weighted by Crippen LogP contribution is 2.23. The number of hydrogen-bond donors (Lipinski definition) is 1. The van der Waals surface area contributed by atoms with Crippen LogP contribution >= 0.6 is 0 Å². The Hall–Kier alpha value is -3.36. The topological polar surface area (TPSA) is 98.2 Å². The first-order valence-corrected chi connectivity index (χ1v) is 10.6. The number of nitrogens with zero attached hydrogens (tertiary/aromatic N) is 5. The van der Waals surface area contributed by atoms with Crippen LogP contribution in [0.4, 0.5) is 0 Å². The molecule has 0 saturated heterocycles. The first-order valence-electron chi connectivity index (χ1n) is 10.6. The van der Waals surface area contributed by atoms with Crippen LogP contribution in [0.5, 0.6) is 0 Å². The maximum absolute atomic E-state index is 12.8. The summed E-state index contributed by atoms with van der Waals surface area (Å²) < 4.78 is 9.02. The van der Waals surface area contributed by atoms with Crippen LogP contribution in [0, 0.1) is 5.92 Å². The van der Waals surface area contributed by atoms with E-state index < -0.39 is 0 Å². The molecular weight excluding hydrogens is 396 g/mol. The van der Waals surface area contributed by atoms with Gasteiger partial charge in [0.05, 0.1) is 24.3 Å². The van der Waals surface area contributed by atoms with Gasteiger partial charge in [0.15, 0.2) is 5.82 Å². The number of aromatic nitrogens is 4. The van der Waals surface area contributed by atoms with E-state index in [9.17, 15) is 9.59 Å².